The third-order valence-corrected chi connectivity index (χ3v) is 10.1. The molecule has 0 unspecified atom stereocenters. The van der Waals surface area contributed by atoms with Gasteiger partial charge in [-0.25, -0.2) is 0 Å². The molecule has 0 heterocycles. The Labute approximate surface area is 301 Å². The number of esters is 3. The van der Waals surface area contributed by atoms with Crippen molar-refractivity contribution >= 4 is 53.2 Å². The van der Waals surface area contributed by atoms with Crippen molar-refractivity contribution < 1.29 is 33.7 Å². The summed E-state index contributed by atoms with van der Waals surface area (Å²) in [5, 5.41) is 11.2. The standard InChI is InChI=1S/C39H42O7S3/c40-36(24-30-10-4-1-5-11-30)44-16-19-47-27-33-22-34(28-48-20-17-45-37(41)25-31-12-6-2-7-13-31)39(43)35(23-33)29-49-21-18-46-38(42)26-32-14-8-3-9-15-32/h1-15,22-23,43H,16-21,24-29H2. The van der Waals surface area contributed by atoms with E-state index in [0.29, 0.717) is 54.3 Å². The highest BCUT2D eigenvalue weighted by Crippen LogP contribution is 2.32. The van der Waals surface area contributed by atoms with Gasteiger partial charge in [0.25, 0.3) is 0 Å². The molecule has 0 aliphatic rings. The van der Waals surface area contributed by atoms with Crippen LogP contribution in [0.3, 0.4) is 0 Å². The number of benzene rings is 4. The Morgan fingerprint density at radius 3 is 1.14 bits per heavy atom. The van der Waals surface area contributed by atoms with Crippen LogP contribution >= 0.6 is 35.3 Å². The van der Waals surface area contributed by atoms with Gasteiger partial charge >= 0.3 is 17.9 Å². The van der Waals surface area contributed by atoms with Crippen LogP contribution in [0.4, 0.5) is 0 Å². The monoisotopic (exact) mass is 718 g/mol. The summed E-state index contributed by atoms with van der Waals surface area (Å²) in [5.74, 6) is 3.17. The van der Waals surface area contributed by atoms with Crippen molar-refractivity contribution in [1.82, 2.24) is 0 Å². The van der Waals surface area contributed by atoms with E-state index in [2.05, 4.69) is 0 Å². The lowest BCUT2D eigenvalue weighted by atomic mass is 10.1. The first kappa shape index (κ1) is 38.0. The molecule has 4 rings (SSSR count). The van der Waals surface area contributed by atoms with E-state index in [1.165, 1.54) is 0 Å². The molecule has 0 radical (unpaired) electrons. The molecular weight excluding hydrogens is 677 g/mol. The lowest BCUT2D eigenvalue weighted by Gasteiger charge is -2.14. The quantitative estimate of drug-likeness (QED) is 0.0532. The zero-order valence-corrected chi connectivity index (χ0v) is 29.9. The predicted molar refractivity (Wildman–Crippen MR) is 200 cm³/mol. The maximum absolute atomic E-state index is 12.2. The van der Waals surface area contributed by atoms with Gasteiger partial charge in [-0.15, -0.1) is 0 Å². The van der Waals surface area contributed by atoms with Crippen molar-refractivity contribution in [1.29, 1.82) is 0 Å². The van der Waals surface area contributed by atoms with Crippen molar-refractivity contribution in [3.8, 4) is 5.75 Å². The largest absolute Gasteiger partial charge is 0.507 e. The van der Waals surface area contributed by atoms with Crippen LogP contribution in [0.5, 0.6) is 5.75 Å². The summed E-state index contributed by atoms with van der Waals surface area (Å²) in [6.45, 7) is 0.911. The van der Waals surface area contributed by atoms with Gasteiger partial charge in [-0.2, -0.15) is 35.3 Å². The van der Waals surface area contributed by atoms with Crippen molar-refractivity contribution in [3.63, 3.8) is 0 Å². The van der Waals surface area contributed by atoms with Crippen molar-refractivity contribution in [2.75, 3.05) is 37.1 Å². The molecule has 10 heteroatoms. The van der Waals surface area contributed by atoms with Crippen LogP contribution in [0, 0.1) is 0 Å². The number of hydrogen-bond acceptors (Lipinski definition) is 10. The molecule has 258 valence electrons. The van der Waals surface area contributed by atoms with Gasteiger partial charge in [-0.05, 0) is 22.3 Å². The predicted octanol–water partition coefficient (Wildman–Crippen LogP) is 7.45. The van der Waals surface area contributed by atoms with Crippen LogP contribution in [0.15, 0.2) is 103 Å². The van der Waals surface area contributed by atoms with E-state index < -0.39 is 0 Å². The number of phenols is 1. The maximum Gasteiger partial charge on any atom is 0.310 e. The smallest absolute Gasteiger partial charge is 0.310 e. The minimum atomic E-state index is -0.260. The number of aromatic hydroxyl groups is 1. The minimum Gasteiger partial charge on any atom is -0.507 e. The number of carbonyl (C=O) groups excluding carboxylic acids is 3. The van der Waals surface area contributed by atoms with Crippen LogP contribution in [0.1, 0.15) is 33.4 Å². The molecule has 0 saturated heterocycles. The van der Waals surface area contributed by atoms with Crippen LogP contribution in [0.25, 0.3) is 0 Å². The molecule has 0 bridgehead atoms. The molecule has 1 N–H and O–H groups in total. The molecule has 0 saturated carbocycles. The van der Waals surface area contributed by atoms with E-state index in [9.17, 15) is 19.5 Å². The number of hydrogen-bond donors (Lipinski definition) is 1. The number of rotatable bonds is 21. The molecule has 0 fully saturated rings. The highest BCUT2D eigenvalue weighted by molar-refractivity contribution is 7.99. The summed E-state index contributed by atoms with van der Waals surface area (Å²) < 4.78 is 16.3. The summed E-state index contributed by atoms with van der Waals surface area (Å²) in [6.07, 6.45) is 0.737. The zero-order valence-electron chi connectivity index (χ0n) is 27.4. The Kier molecular flexibility index (Phi) is 17.0. The topological polar surface area (TPSA) is 99.1 Å². The highest BCUT2D eigenvalue weighted by Gasteiger charge is 2.13. The molecular formula is C39H42O7S3. The molecule has 0 amide bonds. The third-order valence-electron chi connectivity index (χ3n) is 7.16. The lowest BCUT2D eigenvalue weighted by molar-refractivity contribution is -0.143. The summed E-state index contributed by atoms with van der Waals surface area (Å²) in [7, 11) is 0. The Bertz CT molecular complexity index is 1500. The van der Waals surface area contributed by atoms with Crippen molar-refractivity contribution in [2.24, 2.45) is 0 Å². The molecule has 7 nitrogen and oxygen atoms in total. The van der Waals surface area contributed by atoms with Gasteiger partial charge in [0.15, 0.2) is 0 Å². The Morgan fingerprint density at radius 2 is 0.796 bits per heavy atom. The van der Waals surface area contributed by atoms with E-state index >= 15 is 0 Å². The fourth-order valence-corrected chi connectivity index (χ4v) is 7.09. The Hall–Kier alpha value is -3.86. The molecule has 49 heavy (non-hydrogen) atoms. The van der Waals surface area contributed by atoms with Crippen LogP contribution < -0.4 is 0 Å². The summed E-state index contributed by atoms with van der Waals surface area (Å²) >= 11 is 4.85. The second-order valence-corrected chi connectivity index (χ2v) is 14.4. The third kappa shape index (κ3) is 15.1. The lowest BCUT2D eigenvalue weighted by Crippen LogP contribution is -2.10. The highest BCUT2D eigenvalue weighted by atomic mass is 32.2. The van der Waals surface area contributed by atoms with Gasteiger partial charge < -0.3 is 19.3 Å². The minimum absolute atomic E-state index is 0.242. The van der Waals surface area contributed by atoms with Crippen LogP contribution in [0.2, 0.25) is 0 Å². The average molecular weight is 719 g/mol. The van der Waals surface area contributed by atoms with Gasteiger partial charge in [-0.3, -0.25) is 14.4 Å². The molecule has 0 atom stereocenters. The molecule has 0 aliphatic carbocycles. The second-order valence-electron chi connectivity index (χ2n) is 11.1. The maximum atomic E-state index is 12.2. The number of carbonyl (C=O) groups is 3. The first-order valence-electron chi connectivity index (χ1n) is 16.1. The number of thioether (sulfide) groups is 3. The van der Waals surface area contributed by atoms with Gasteiger partial charge in [0, 0.05) is 45.6 Å². The van der Waals surface area contributed by atoms with Crippen molar-refractivity contribution in [2.45, 2.75) is 36.5 Å². The first-order valence-corrected chi connectivity index (χ1v) is 19.6. The van der Waals surface area contributed by atoms with E-state index in [-0.39, 0.29) is 42.9 Å². The number of ether oxygens (including phenoxy) is 3. The Balaban J connectivity index is 1.24. The molecule has 4 aromatic rings. The molecule has 0 spiro atoms. The van der Waals surface area contributed by atoms with E-state index in [1.54, 1.807) is 35.3 Å². The van der Waals surface area contributed by atoms with E-state index in [1.807, 2.05) is 103 Å². The SMILES string of the molecule is O=C(Cc1ccccc1)OCCSCc1cc(CSCCOC(=O)Cc2ccccc2)c(O)c(CSCCOC(=O)Cc2ccccc2)c1. The van der Waals surface area contributed by atoms with E-state index in [4.69, 9.17) is 14.2 Å². The fourth-order valence-electron chi connectivity index (χ4n) is 4.77. The van der Waals surface area contributed by atoms with Crippen LogP contribution in [-0.2, 0) is 65.1 Å². The average Bonchev–Trinajstić information content (AvgIpc) is 3.10. The van der Waals surface area contributed by atoms with Gasteiger partial charge in [0.05, 0.1) is 19.3 Å². The summed E-state index contributed by atoms with van der Waals surface area (Å²) in [6, 6.07) is 32.6. The summed E-state index contributed by atoms with van der Waals surface area (Å²) in [5.41, 5.74) is 5.46. The second kappa shape index (κ2) is 22.0. The van der Waals surface area contributed by atoms with Gasteiger partial charge in [0.2, 0.25) is 0 Å². The zero-order chi connectivity index (χ0) is 34.5. The summed E-state index contributed by atoms with van der Waals surface area (Å²) in [4.78, 5) is 36.6. The normalized spacial score (nSPS) is 10.8. The van der Waals surface area contributed by atoms with Gasteiger partial charge in [0.1, 0.15) is 25.6 Å². The first-order chi connectivity index (χ1) is 24.0. The molecule has 0 aromatic heterocycles. The molecule has 4 aromatic carbocycles. The number of phenolic OH excluding ortho intramolecular Hbond substituents is 1. The van der Waals surface area contributed by atoms with Gasteiger partial charge in [-0.1, -0.05) is 103 Å². The van der Waals surface area contributed by atoms with Crippen LogP contribution in [-0.4, -0.2) is 60.1 Å². The van der Waals surface area contributed by atoms with E-state index in [0.717, 1.165) is 33.4 Å². The fraction of sp³-hybridized carbons (Fsp3) is 0.308. The Morgan fingerprint density at radius 1 is 0.469 bits per heavy atom. The molecule has 0 aliphatic heterocycles. The van der Waals surface area contributed by atoms with Crippen molar-refractivity contribution in [3.05, 3.63) is 137 Å².